The predicted octanol–water partition coefficient (Wildman–Crippen LogP) is 2.12. The van der Waals surface area contributed by atoms with Gasteiger partial charge < -0.3 is 0 Å². The first kappa shape index (κ1) is 12.3. The topological polar surface area (TPSA) is 18.5 Å². The van der Waals surface area contributed by atoms with Gasteiger partial charge in [0.05, 0.1) is 6.17 Å². The van der Waals surface area contributed by atoms with Crippen LogP contribution < -0.4 is 4.72 Å². The van der Waals surface area contributed by atoms with E-state index in [1.807, 2.05) is 0 Å². The fraction of sp³-hybridized carbons (Fsp3) is 1.00. The van der Waals surface area contributed by atoms with E-state index in [0.717, 1.165) is 6.54 Å². The Morgan fingerprint density at radius 3 is 1.86 bits per heavy atom. The molecule has 0 spiro atoms. The third-order valence-corrected chi connectivity index (χ3v) is 5.63. The molecule has 0 unspecified atom stereocenters. The number of nitrogens with zero attached hydrogens (tertiary/aromatic N) is 2. The van der Waals surface area contributed by atoms with Gasteiger partial charge in [0.25, 0.3) is 0 Å². The molecular weight excluding hydrogens is 194 g/mol. The van der Waals surface area contributed by atoms with Crippen LogP contribution in [0.4, 0.5) is 0 Å². The van der Waals surface area contributed by atoms with Crippen molar-refractivity contribution in [3.8, 4) is 0 Å². The van der Waals surface area contributed by atoms with Gasteiger partial charge in [-0.05, 0) is 34.6 Å². The van der Waals surface area contributed by atoms with Crippen molar-refractivity contribution in [3.05, 3.63) is 0 Å². The molecule has 86 valence electrons. The molecule has 0 aromatic rings. The van der Waals surface area contributed by atoms with Crippen LogP contribution in [0.5, 0.6) is 0 Å². The number of thiol groups is 1. The van der Waals surface area contributed by atoms with Gasteiger partial charge in [-0.2, -0.15) is 0 Å². The van der Waals surface area contributed by atoms with Crippen molar-refractivity contribution in [3.63, 3.8) is 0 Å². The van der Waals surface area contributed by atoms with E-state index in [1.54, 1.807) is 0 Å². The minimum absolute atomic E-state index is 0.226. The Morgan fingerprint density at radius 1 is 1.14 bits per heavy atom. The monoisotopic (exact) mass is 219 g/mol. The van der Waals surface area contributed by atoms with Crippen LogP contribution in [-0.2, 0) is 0 Å². The Morgan fingerprint density at radius 2 is 1.57 bits per heavy atom. The number of nitrogens with one attached hydrogen (secondary N) is 1. The summed E-state index contributed by atoms with van der Waals surface area (Å²) in [6.45, 7) is 14.7. The minimum atomic E-state index is -0.226. The normalized spacial score (nSPS) is 32.6. The van der Waals surface area contributed by atoms with Gasteiger partial charge in [0.15, 0.2) is 0 Å². The number of rotatable bonds is 4. The maximum atomic E-state index is 3.59. The fourth-order valence-electron chi connectivity index (χ4n) is 2.11. The maximum Gasteiger partial charge on any atom is 0.0804 e. The van der Waals surface area contributed by atoms with Gasteiger partial charge in [-0.3, -0.25) is 4.72 Å². The number of hydrogen-bond acceptors (Lipinski definition) is 3. The van der Waals surface area contributed by atoms with E-state index in [-0.39, 0.29) is 11.5 Å². The first-order valence-electron chi connectivity index (χ1n) is 5.60. The zero-order valence-electron chi connectivity index (χ0n) is 10.3. The highest BCUT2D eigenvalue weighted by Crippen LogP contribution is 2.48. The Bertz CT molecular complexity index is 168. The lowest BCUT2D eigenvalue weighted by Crippen LogP contribution is -2.64. The first-order chi connectivity index (χ1) is 6.50. The van der Waals surface area contributed by atoms with E-state index >= 15 is 0 Å². The third kappa shape index (κ3) is 2.08. The molecule has 1 aliphatic rings. The minimum Gasteiger partial charge on any atom is -0.261 e. The van der Waals surface area contributed by atoms with Crippen LogP contribution in [0, 0.1) is 0 Å². The van der Waals surface area contributed by atoms with Gasteiger partial charge in [0.1, 0.15) is 0 Å². The van der Waals surface area contributed by atoms with E-state index in [2.05, 4.69) is 54.9 Å². The molecule has 0 aliphatic carbocycles. The zero-order chi connectivity index (χ0) is 10.9. The molecule has 0 aromatic heterocycles. The standard InChI is InChI=1S/C10H25N3S/c1-7-11-14-12(8(2)3)10(6)13(14)9(4)5/h8-11,14H,7H2,1-6H3. The molecule has 1 rings (SSSR count). The van der Waals surface area contributed by atoms with Crippen molar-refractivity contribution in [2.75, 3.05) is 6.54 Å². The maximum absolute atomic E-state index is 3.59. The van der Waals surface area contributed by atoms with Crippen molar-refractivity contribution in [1.82, 2.24) is 13.3 Å². The van der Waals surface area contributed by atoms with E-state index in [4.69, 9.17) is 0 Å². The summed E-state index contributed by atoms with van der Waals surface area (Å²) in [5, 5.41) is 0. The smallest absolute Gasteiger partial charge is 0.0804 e. The summed E-state index contributed by atoms with van der Waals surface area (Å²) in [7, 11) is 0. The molecule has 0 radical (unpaired) electrons. The average Bonchev–Trinajstić information content (AvgIpc) is 2.01. The van der Waals surface area contributed by atoms with Crippen molar-refractivity contribution < 1.29 is 0 Å². The molecule has 4 heteroatoms. The zero-order valence-corrected chi connectivity index (χ0v) is 11.2. The highest BCUT2D eigenvalue weighted by atomic mass is 32.2. The quantitative estimate of drug-likeness (QED) is 0.706. The second kappa shape index (κ2) is 4.84. The summed E-state index contributed by atoms with van der Waals surface area (Å²) >= 11 is -0.226. The molecular formula is C10H25N3S. The van der Waals surface area contributed by atoms with E-state index < -0.39 is 0 Å². The molecule has 1 N–H and O–H groups in total. The Labute approximate surface area is 91.6 Å². The summed E-state index contributed by atoms with van der Waals surface area (Å²) < 4.78 is 8.76. The van der Waals surface area contributed by atoms with Crippen LogP contribution >= 0.6 is 11.5 Å². The lowest BCUT2D eigenvalue weighted by Gasteiger charge is -2.62. The average molecular weight is 219 g/mol. The molecule has 14 heavy (non-hydrogen) atoms. The largest absolute Gasteiger partial charge is 0.261 e. The summed E-state index contributed by atoms with van der Waals surface area (Å²) in [5.41, 5.74) is 0. The van der Waals surface area contributed by atoms with Crippen molar-refractivity contribution in [2.24, 2.45) is 0 Å². The highest BCUT2D eigenvalue weighted by Gasteiger charge is 2.42. The van der Waals surface area contributed by atoms with Crippen LogP contribution in [0.15, 0.2) is 0 Å². The van der Waals surface area contributed by atoms with Crippen molar-refractivity contribution in [1.29, 1.82) is 0 Å². The van der Waals surface area contributed by atoms with Gasteiger partial charge in [-0.15, -0.1) is 0 Å². The third-order valence-electron chi connectivity index (χ3n) is 2.56. The fourth-order valence-corrected chi connectivity index (χ4v) is 4.54. The van der Waals surface area contributed by atoms with Crippen LogP contribution in [-0.4, -0.2) is 33.4 Å². The molecule has 0 saturated carbocycles. The van der Waals surface area contributed by atoms with Gasteiger partial charge in [-0.1, -0.05) is 18.4 Å². The predicted molar refractivity (Wildman–Crippen MR) is 66.1 cm³/mol. The van der Waals surface area contributed by atoms with Crippen LogP contribution in [0.1, 0.15) is 41.5 Å². The van der Waals surface area contributed by atoms with E-state index in [0.29, 0.717) is 18.2 Å². The Hall–Kier alpha value is 0.230. The summed E-state index contributed by atoms with van der Waals surface area (Å²) in [5.74, 6) is 0. The molecule has 1 saturated heterocycles. The molecule has 1 aliphatic heterocycles. The summed E-state index contributed by atoms with van der Waals surface area (Å²) in [6, 6.07) is 1.29. The van der Waals surface area contributed by atoms with E-state index in [9.17, 15) is 0 Å². The molecule has 0 bridgehead atoms. The van der Waals surface area contributed by atoms with Crippen molar-refractivity contribution in [2.45, 2.75) is 59.8 Å². The van der Waals surface area contributed by atoms with Crippen LogP contribution in [0.25, 0.3) is 0 Å². The SMILES string of the molecule is CCN[SH]1N(C(C)C)C(C)N1C(C)C. The Balaban J connectivity index is 2.63. The lowest BCUT2D eigenvalue weighted by atomic mass is 10.3. The van der Waals surface area contributed by atoms with Crippen molar-refractivity contribution >= 4 is 11.5 Å². The van der Waals surface area contributed by atoms with Crippen LogP contribution in [0.2, 0.25) is 0 Å². The summed E-state index contributed by atoms with van der Waals surface area (Å²) in [6.07, 6.45) is 0.597. The first-order valence-corrected chi connectivity index (χ1v) is 6.85. The molecule has 3 nitrogen and oxygen atoms in total. The van der Waals surface area contributed by atoms with Gasteiger partial charge in [0, 0.05) is 18.6 Å². The van der Waals surface area contributed by atoms with E-state index in [1.165, 1.54) is 0 Å². The Kier molecular flexibility index (Phi) is 4.25. The highest BCUT2D eigenvalue weighted by molar-refractivity contribution is 8.12. The molecule has 0 aromatic carbocycles. The molecule has 0 atom stereocenters. The lowest BCUT2D eigenvalue weighted by molar-refractivity contribution is 0.0960. The second-order valence-corrected chi connectivity index (χ2v) is 6.20. The molecule has 0 amide bonds. The number of hydrogen-bond donors (Lipinski definition) is 2. The summed E-state index contributed by atoms with van der Waals surface area (Å²) in [4.78, 5) is 0. The van der Waals surface area contributed by atoms with Gasteiger partial charge in [0.2, 0.25) is 0 Å². The van der Waals surface area contributed by atoms with Gasteiger partial charge >= 0.3 is 0 Å². The second-order valence-electron chi connectivity index (χ2n) is 4.38. The van der Waals surface area contributed by atoms with Crippen LogP contribution in [0.3, 0.4) is 0 Å². The molecule has 1 fully saturated rings. The van der Waals surface area contributed by atoms with Gasteiger partial charge in [-0.25, -0.2) is 8.61 Å². The molecule has 1 heterocycles.